The van der Waals surface area contributed by atoms with Gasteiger partial charge in [-0.2, -0.15) is 4.70 Å². The molecule has 0 radical (unpaired) electrons. The normalized spacial score (nSPS) is 23.6. The fourth-order valence-corrected chi connectivity index (χ4v) is 3.67. The van der Waals surface area contributed by atoms with E-state index >= 15 is 0 Å². The van der Waals surface area contributed by atoms with E-state index in [1.165, 1.54) is 70.3 Å². The summed E-state index contributed by atoms with van der Waals surface area (Å²) < 4.78 is 1.04. The van der Waals surface area contributed by atoms with Crippen LogP contribution >= 0.6 is 0 Å². The lowest BCUT2D eigenvalue weighted by atomic mass is 10.1. The zero-order valence-corrected chi connectivity index (χ0v) is 12.6. The lowest BCUT2D eigenvalue weighted by Crippen LogP contribution is -2.70. The molecule has 2 fully saturated rings. The summed E-state index contributed by atoms with van der Waals surface area (Å²) in [6.45, 7) is 6.06. The van der Waals surface area contributed by atoms with Crippen LogP contribution in [0.4, 0.5) is 0 Å². The summed E-state index contributed by atoms with van der Waals surface area (Å²) in [4.78, 5) is 0. The van der Waals surface area contributed by atoms with Gasteiger partial charge < -0.3 is 0 Å². The number of piperidine rings is 2. The Morgan fingerprint density at radius 2 is 1.50 bits per heavy atom. The molecule has 0 amide bonds. The Balaban J connectivity index is 1.68. The van der Waals surface area contributed by atoms with E-state index in [1.54, 1.807) is 0 Å². The molecule has 1 aromatic carbocycles. The van der Waals surface area contributed by atoms with Crippen molar-refractivity contribution < 1.29 is 4.70 Å². The molecule has 2 saturated heterocycles. The van der Waals surface area contributed by atoms with E-state index < -0.39 is 0 Å². The van der Waals surface area contributed by atoms with Crippen molar-refractivity contribution in [3.8, 4) is 0 Å². The molecular weight excluding hydrogens is 246 g/mol. The molecule has 0 spiro atoms. The number of quaternary nitrogens is 1. The quantitative estimate of drug-likeness (QED) is 0.849. The maximum Gasteiger partial charge on any atom is 0.115 e. The Morgan fingerprint density at radius 3 is 2.20 bits per heavy atom. The molecule has 0 atom stereocenters. The van der Waals surface area contributed by atoms with E-state index in [0.29, 0.717) is 0 Å². The van der Waals surface area contributed by atoms with Crippen molar-refractivity contribution in [2.75, 3.05) is 26.2 Å². The average Bonchev–Trinajstić information content (AvgIpc) is 2.56. The minimum atomic E-state index is 0.983. The minimum Gasteiger partial charge on any atom is -0.168 e. The topological polar surface area (TPSA) is 15.3 Å². The first-order valence-electron chi connectivity index (χ1n) is 8.31. The molecule has 0 saturated carbocycles. The molecular formula is C17H28N3+. The van der Waals surface area contributed by atoms with Crippen LogP contribution in [0.1, 0.15) is 44.1 Å². The fraction of sp³-hybridized carbons (Fsp3) is 0.647. The van der Waals surface area contributed by atoms with Gasteiger partial charge in [-0.3, -0.25) is 0 Å². The number of nitrogens with one attached hydrogen (secondary N) is 1. The van der Waals surface area contributed by atoms with E-state index in [-0.39, 0.29) is 0 Å². The third-order valence-electron chi connectivity index (χ3n) is 4.85. The molecule has 3 rings (SSSR count). The predicted octanol–water partition coefficient (Wildman–Crippen LogP) is 3.09. The zero-order chi connectivity index (χ0) is 13.7. The van der Waals surface area contributed by atoms with Gasteiger partial charge in [0.1, 0.15) is 13.1 Å². The molecule has 3 heteroatoms. The van der Waals surface area contributed by atoms with Gasteiger partial charge in [-0.05, 0) is 24.8 Å². The van der Waals surface area contributed by atoms with E-state index in [1.807, 2.05) is 0 Å². The van der Waals surface area contributed by atoms with Crippen LogP contribution in [0, 0.1) is 0 Å². The first-order valence-corrected chi connectivity index (χ1v) is 8.31. The molecule has 3 nitrogen and oxygen atoms in total. The molecule has 0 unspecified atom stereocenters. The highest BCUT2D eigenvalue weighted by atomic mass is 15.9. The lowest BCUT2D eigenvalue weighted by Gasteiger charge is -2.48. The van der Waals surface area contributed by atoms with Gasteiger partial charge in [0.15, 0.2) is 0 Å². The molecule has 110 valence electrons. The van der Waals surface area contributed by atoms with Crippen LogP contribution in [0.15, 0.2) is 30.3 Å². The van der Waals surface area contributed by atoms with Gasteiger partial charge in [0, 0.05) is 25.9 Å². The number of rotatable bonds is 4. The summed E-state index contributed by atoms with van der Waals surface area (Å²) >= 11 is 0. The predicted molar refractivity (Wildman–Crippen MR) is 82.6 cm³/mol. The molecule has 1 N–H and O–H groups in total. The highest BCUT2D eigenvalue weighted by molar-refractivity contribution is 5.13. The SMILES string of the molecule is c1ccc(CN[N+]2(N3CCCCC3)CCCCC2)cc1. The highest BCUT2D eigenvalue weighted by Crippen LogP contribution is 2.23. The van der Waals surface area contributed by atoms with Crippen molar-refractivity contribution in [3.63, 3.8) is 0 Å². The second kappa shape index (κ2) is 6.70. The van der Waals surface area contributed by atoms with E-state index in [2.05, 4.69) is 40.8 Å². The van der Waals surface area contributed by atoms with Crippen molar-refractivity contribution in [2.24, 2.45) is 0 Å². The Kier molecular flexibility index (Phi) is 4.71. The van der Waals surface area contributed by atoms with Gasteiger partial charge in [-0.1, -0.05) is 36.8 Å². The third kappa shape index (κ3) is 3.22. The van der Waals surface area contributed by atoms with E-state index in [4.69, 9.17) is 0 Å². The van der Waals surface area contributed by atoms with Gasteiger partial charge in [-0.25, -0.2) is 0 Å². The number of hydrogen-bond donors (Lipinski definition) is 1. The molecule has 0 bridgehead atoms. The Morgan fingerprint density at radius 1 is 0.850 bits per heavy atom. The number of benzene rings is 1. The van der Waals surface area contributed by atoms with Crippen molar-refractivity contribution in [2.45, 2.75) is 45.1 Å². The lowest BCUT2D eigenvalue weighted by molar-refractivity contribution is -1.08. The summed E-state index contributed by atoms with van der Waals surface area (Å²) in [5.74, 6) is 0. The monoisotopic (exact) mass is 274 g/mol. The largest absolute Gasteiger partial charge is 0.168 e. The standard InChI is InChI=1S/C17H28N3/c1-4-10-17(11-5-1)16-18-20(14-8-3-9-15-20)19-12-6-2-7-13-19/h1,4-5,10-11,18H,2-3,6-9,12-16H2/q+1. The minimum absolute atomic E-state index is 0.983. The van der Waals surface area contributed by atoms with Gasteiger partial charge in [-0.15, -0.1) is 10.4 Å². The second-order valence-electron chi connectivity index (χ2n) is 6.27. The van der Waals surface area contributed by atoms with E-state index in [9.17, 15) is 0 Å². The molecule has 2 aliphatic rings. The molecule has 2 aliphatic heterocycles. The maximum atomic E-state index is 3.88. The highest BCUT2D eigenvalue weighted by Gasteiger charge is 2.37. The fourth-order valence-electron chi connectivity index (χ4n) is 3.67. The first kappa shape index (κ1) is 14.1. The smallest absolute Gasteiger partial charge is 0.115 e. The van der Waals surface area contributed by atoms with Crippen molar-refractivity contribution in [1.82, 2.24) is 10.4 Å². The summed E-state index contributed by atoms with van der Waals surface area (Å²) in [6.07, 6.45) is 8.27. The van der Waals surface area contributed by atoms with Crippen LogP contribution in [0.25, 0.3) is 0 Å². The molecule has 0 aliphatic carbocycles. The van der Waals surface area contributed by atoms with E-state index in [0.717, 1.165) is 11.2 Å². The van der Waals surface area contributed by atoms with Crippen molar-refractivity contribution >= 4 is 0 Å². The summed E-state index contributed by atoms with van der Waals surface area (Å²) in [6, 6.07) is 10.8. The molecule has 1 aromatic rings. The summed E-state index contributed by atoms with van der Waals surface area (Å²) in [7, 11) is 0. The Hall–Kier alpha value is -0.900. The van der Waals surface area contributed by atoms with Gasteiger partial charge in [0.25, 0.3) is 0 Å². The first-order chi connectivity index (χ1) is 9.89. The van der Waals surface area contributed by atoms with Crippen molar-refractivity contribution in [1.29, 1.82) is 0 Å². The van der Waals surface area contributed by atoms with Crippen LogP contribution in [0.5, 0.6) is 0 Å². The van der Waals surface area contributed by atoms with Gasteiger partial charge in [0.2, 0.25) is 0 Å². The molecule has 2 heterocycles. The van der Waals surface area contributed by atoms with Crippen molar-refractivity contribution in [3.05, 3.63) is 35.9 Å². The van der Waals surface area contributed by atoms with Crippen LogP contribution in [-0.2, 0) is 6.54 Å². The van der Waals surface area contributed by atoms with Gasteiger partial charge >= 0.3 is 0 Å². The van der Waals surface area contributed by atoms with Crippen LogP contribution in [-0.4, -0.2) is 35.9 Å². The average molecular weight is 274 g/mol. The Labute approximate surface area is 123 Å². The van der Waals surface area contributed by atoms with Crippen LogP contribution in [0.3, 0.4) is 0 Å². The molecule has 0 aromatic heterocycles. The third-order valence-corrected chi connectivity index (χ3v) is 4.85. The van der Waals surface area contributed by atoms with Crippen LogP contribution in [0.2, 0.25) is 0 Å². The molecule has 20 heavy (non-hydrogen) atoms. The van der Waals surface area contributed by atoms with Gasteiger partial charge in [0.05, 0.1) is 6.54 Å². The summed E-state index contributed by atoms with van der Waals surface area (Å²) in [5.41, 5.74) is 5.28. The number of hydrogen-bond acceptors (Lipinski definition) is 2. The number of nitrogens with zero attached hydrogens (tertiary/aromatic N) is 2. The maximum absolute atomic E-state index is 3.88. The Bertz CT molecular complexity index is 392. The van der Waals surface area contributed by atoms with Crippen LogP contribution < -0.4 is 5.43 Å². The summed E-state index contributed by atoms with van der Waals surface area (Å²) in [5, 5.41) is 2.70. The zero-order valence-electron chi connectivity index (χ0n) is 12.6. The second-order valence-corrected chi connectivity index (χ2v) is 6.27.